The molecule has 103 heavy (non-hydrogen) atoms. The Morgan fingerprint density at radius 2 is 0.184 bits per heavy atom. The van der Waals surface area contributed by atoms with E-state index in [0.717, 1.165) is 64.2 Å². The minimum Gasteiger partial charge on any atom is -0.481 e. The van der Waals surface area contributed by atoms with Crippen molar-refractivity contribution in [2.45, 2.75) is 548 Å². The molecule has 600 valence electrons. The van der Waals surface area contributed by atoms with E-state index in [2.05, 4.69) is 34.6 Å². The SMILES string of the molecule is CCCCCCCCCCCCCCCCCC(=O)O.CCCCCCCCCCCCCCCCCC(=O)O.CCCCCCCCCCCCCCCCCC(=O)O.CCCCCCCCCCCCCCCCCC(=O)O.CCCCCCCCCCCCCCCCCC(=O)O.[Mg+2].[Mg+2].[Mg+2]. The van der Waals surface area contributed by atoms with E-state index in [4.69, 9.17) is 25.5 Å². The first-order valence-electron chi connectivity index (χ1n) is 44.9. The topological polar surface area (TPSA) is 186 Å². The Balaban J connectivity index is -0.000000181. The number of unbranched alkanes of at least 4 members (excludes halogenated alkanes) is 70. The number of carboxylic acid groups (broad SMARTS) is 5. The summed E-state index contributed by atoms with van der Waals surface area (Å²) >= 11 is 0. The summed E-state index contributed by atoms with van der Waals surface area (Å²) in [6, 6.07) is 0. The molecule has 0 amide bonds. The molecule has 0 aromatic carbocycles. The van der Waals surface area contributed by atoms with Gasteiger partial charge in [-0.15, -0.1) is 0 Å². The van der Waals surface area contributed by atoms with Crippen LogP contribution >= 0.6 is 0 Å². The summed E-state index contributed by atoms with van der Waals surface area (Å²) < 4.78 is 0. The van der Waals surface area contributed by atoms with Gasteiger partial charge in [0.25, 0.3) is 0 Å². The Kier molecular flexibility index (Phi) is 132. The Labute approximate surface area is 691 Å². The Morgan fingerprint density at radius 3 is 0.243 bits per heavy atom. The fourth-order valence-electron chi connectivity index (χ4n) is 13.2. The first-order valence-corrected chi connectivity index (χ1v) is 44.9. The van der Waals surface area contributed by atoms with Crippen LogP contribution < -0.4 is 0 Å². The van der Waals surface area contributed by atoms with Crippen LogP contribution in [0.25, 0.3) is 0 Å². The molecule has 0 radical (unpaired) electrons. The number of aliphatic carboxylic acids is 5. The van der Waals surface area contributed by atoms with Crippen LogP contribution in [0.1, 0.15) is 548 Å². The summed E-state index contributed by atoms with van der Waals surface area (Å²) in [6.45, 7) is 11.4. The first kappa shape index (κ1) is 118. The Morgan fingerprint density at radius 1 is 0.126 bits per heavy atom. The summed E-state index contributed by atoms with van der Waals surface area (Å²) in [5.41, 5.74) is 0. The minimum atomic E-state index is -0.653. The van der Waals surface area contributed by atoms with E-state index < -0.39 is 29.8 Å². The van der Waals surface area contributed by atoms with Gasteiger partial charge in [-0.2, -0.15) is 0 Å². The normalized spacial score (nSPS) is 10.5. The van der Waals surface area contributed by atoms with E-state index in [-0.39, 0.29) is 69.2 Å². The van der Waals surface area contributed by atoms with Crippen LogP contribution in [-0.2, 0) is 24.0 Å². The van der Waals surface area contributed by atoms with Gasteiger partial charge >= 0.3 is 99.0 Å². The maximum absolute atomic E-state index is 10.3. The van der Waals surface area contributed by atoms with Crippen molar-refractivity contribution < 1.29 is 49.5 Å². The zero-order chi connectivity index (χ0) is 74.5. The van der Waals surface area contributed by atoms with Crippen molar-refractivity contribution in [1.82, 2.24) is 0 Å². The van der Waals surface area contributed by atoms with Gasteiger partial charge in [0.1, 0.15) is 0 Å². The van der Waals surface area contributed by atoms with Crippen molar-refractivity contribution in [2.75, 3.05) is 0 Å². The van der Waals surface area contributed by atoms with Crippen molar-refractivity contribution in [3.05, 3.63) is 0 Å². The second-order valence-electron chi connectivity index (χ2n) is 30.5. The van der Waals surface area contributed by atoms with E-state index in [1.165, 1.54) is 417 Å². The third-order valence-corrected chi connectivity index (χ3v) is 20.0. The van der Waals surface area contributed by atoms with Crippen LogP contribution in [-0.4, -0.2) is 125 Å². The molecule has 0 aliphatic carbocycles. The maximum Gasteiger partial charge on any atom is 2.00 e. The fourth-order valence-corrected chi connectivity index (χ4v) is 13.2. The molecule has 0 aromatic heterocycles. The quantitative estimate of drug-likeness (QED) is 0.0290. The predicted octanol–water partition coefficient (Wildman–Crippen LogP) is 30.5. The van der Waals surface area contributed by atoms with E-state index in [1.807, 2.05) is 0 Å². The minimum absolute atomic E-state index is 0. The van der Waals surface area contributed by atoms with Crippen molar-refractivity contribution in [3.63, 3.8) is 0 Å². The van der Waals surface area contributed by atoms with Gasteiger partial charge in [0.15, 0.2) is 0 Å². The maximum atomic E-state index is 10.3. The van der Waals surface area contributed by atoms with Crippen LogP contribution in [0, 0.1) is 0 Å². The van der Waals surface area contributed by atoms with Gasteiger partial charge < -0.3 is 25.5 Å². The van der Waals surface area contributed by atoms with Crippen molar-refractivity contribution in [1.29, 1.82) is 0 Å². The predicted molar refractivity (Wildman–Crippen MR) is 453 cm³/mol. The summed E-state index contributed by atoms with van der Waals surface area (Å²) in [5, 5.41) is 42.6. The Bertz CT molecular complexity index is 1280. The summed E-state index contributed by atoms with van der Waals surface area (Å²) in [5.74, 6) is -3.27. The molecular weight excluding hydrogens is 1310 g/mol. The molecule has 0 fully saturated rings. The van der Waals surface area contributed by atoms with Crippen molar-refractivity contribution in [2.24, 2.45) is 0 Å². The smallest absolute Gasteiger partial charge is 0.481 e. The van der Waals surface area contributed by atoms with Gasteiger partial charge in [0.2, 0.25) is 0 Å². The van der Waals surface area contributed by atoms with Crippen molar-refractivity contribution in [3.8, 4) is 0 Å². The molecule has 0 aliphatic rings. The molecule has 0 aliphatic heterocycles. The van der Waals surface area contributed by atoms with Crippen LogP contribution in [0.5, 0.6) is 0 Å². The molecule has 0 saturated carbocycles. The first-order chi connectivity index (χ1) is 48.9. The summed E-state index contributed by atoms with van der Waals surface area (Å²) in [7, 11) is 0. The van der Waals surface area contributed by atoms with Gasteiger partial charge in [-0.3, -0.25) is 24.0 Å². The van der Waals surface area contributed by atoms with E-state index in [0.29, 0.717) is 32.1 Å². The van der Waals surface area contributed by atoms with E-state index in [9.17, 15) is 24.0 Å². The number of carbonyl (C=O) groups is 5. The van der Waals surface area contributed by atoms with E-state index >= 15 is 0 Å². The van der Waals surface area contributed by atoms with Gasteiger partial charge in [0, 0.05) is 32.1 Å². The van der Waals surface area contributed by atoms with Crippen LogP contribution in [0.2, 0.25) is 0 Å². The van der Waals surface area contributed by atoms with Crippen molar-refractivity contribution >= 4 is 99.0 Å². The second kappa shape index (κ2) is 115. The molecule has 0 heterocycles. The molecule has 0 bridgehead atoms. The van der Waals surface area contributed by atoms with Crippen LogP contribution in [0.3, 0.4) is 0 Å². The molecule has 0 aromatic rings. The monoisotopic (exact) mass is 1490 g/mol. The molecule has 0 atom stereocenters. The molecule has 13 heteroatoms. The standard InChI is InChI=1S/5C18H36O2.3Mg/c5*1-2-3-4-5-6-7-8-9-10-11-12-13-14-15-16-17-18(19)20;;;/h5*2-17H2,1H3,(H,19,20);;;/q;;;;;3*+2. The molecule has 0 spiro atoms. The van der Waals surface area contributed by atoms with Gasteiger partial charge in [0.05, 0.1) is 0 Å². The molecule has 0 rings (SSSR count). The largest absolute Gasteiger partial charge is 2.00 e. The summed E-state index contributed by atoms with van der Waals surface area (Å²) in [4.78, 5) is 51.7. The van der Waals surface area contributed by atoms with Gasteiger partial charge in [-0.25, -0.2) is 0 Å². The van der Waals surface area contributed by atoms with Crippen LogP contribution in [0.15, 0.2) is 0 Å². The molecule has 0 unspecified atom stereocenters. The zero-order valence-electron chi connectivity index (χ0n) is 70.5. The number of carboxylic acids is 5. The van der Waals surface area contributed by atoms with E-state index in [1.54, 1.807) is 0 Å². The zero-order valence-corrected chi connectivity index (χ0v) is 74.7. The van der Waals surface area contributed by atoms with Gasteiger partial charge in [-0.1, -0.05) is 484 Å². The third-order valence-electron chi connectivity index (χ3n) is 20.0. The number of hydrogen-bond acceptors (Lipinski definition) is 5. The van der Waals surface area contributed by atoms with Crippen LogP contribution in [0.4, 0.5) is 0 Å². The number of hydrogen-bond donors (Lipinski definition) is 5. The van der Waals surface area contributed by atoms with Gasteiger partial charge in [-0.05, 0) is 32.1 Å². The average Bonchev–Trinajstić information content (AvgIpc) is 3.77. The third kappa shape index (κ3) is 141. The summed E-state index contributed by atoms with van der Waals surface area (Å²) in [6.07, 6.45) is 101. The molecule has 5 N–H and O–H groups in total. The Hall–Kier alpha value is -0.351. The molecule has 10 nitrogen and oxygen atoms in total. The average molecular weight is 1500 g/mol. The molecule has 0 saturated heterocycles. The second-order valence-corrected chi connectivity index (χ2v) is 30.5. The fraction of sp³-hybridized carbons (Fsp3) is 0.944. The number of rotatable bonds is 80. The molecular formula is C90H180Mg3O10+6.